The van der Waals surface area contributed by atoms with Crippen molar-refractivity contribution in [2.24, 2.45) is 0 Å². The summed E-state index contributed by atoms with van der Waals surface area (Å²) >= 11 is 0. The minimum atomic E-state index is -1.35. The highest BCUT2D eigenvalue weighted by Crippen LogP contribution is 2.21. The Labute approximate surface area is 161 Å². The summed E-state index contributed by atoms with van der Waals surface area (Å²) in [6.07, 6.45) is -1.64. The van der Waals surface area contributed by atoms with Gasteiger partial charge in [-0.2, -0.15) is 4.90 Å². The first kappa shape index (κ1) is 24.9. The van der Waals surface area contributed by atoms with Crippen LogP contribution in [-0.2, 0) is 23.8 Å². The summed E-state index contributed by atoms with van der Waals surface area (Å²) in [5, 5.41) is 0. The number of hydrogen-bond acceptors (Lipinski definition) is 7. The fourth-order valence-electron chi connectivity index (χ4n) is 1.90. The zero-order valence-electron chi connectivity index (χ0n) is 17.9. The Morgan fingerprint density at radius 2 is 1.15 bits per heavy atom. The topological polar surface area (TPSA) is 99.2 Å². The fraction of sp³-hybridized carbons (Fsp3) is 0.789. The van der Waals surface area contributed by atoms with E-state index in [1.807, 2.05) is 0 Å². The lowest BCUT2D eigenvalue weighted by Crippen LogP contribution is -2.53. The van der Waals surface area contributed by atoms with Gasteiger partial charge in [0.25, 0.3) is 0 Å². The van der Waals surface area contributed by atoms with Crippen LogP contribution in [0.2, 0.25) is 0 Å². The van der Waals surface area contributed by atoms with Gasteiger partial charge in [-0.05, 0) is 68.7 Å². The van der Waals surface area contributed by atoms with Gasteiger partial charge in [-0.3, -0.25) is 0 Å². The van der Waals surface area contributed by atoms with Crippen molar-refractivity contribution in [3.05, 3.63) is 0 Å². The highest BCUT2D eigenvalue weighted by Gasteiger charge is 2.41. The van der Waals surface area contributed by atoms with Crippen molar-refractivity contribution in [3.8, 4) is 0 Å². The van der Waals surface area contributed by atoms with Gasteiger partial charge < -0.3 is 19.0 Å². The molecule has 0 spiro atoms. The Balaban J connectivity index is 5.93. The van der Waals surface area contributed by atoms with Gasteiger partial charge in [-0.1, -0.05) is 0 Å². The number of nitrogens with zero attached hydrogens (tertiary/aromatic N) is 1. The third-order valence-electron chi connectivity index (χ3n) is 2.73. The predicted octanol–water partition coefficient (Wildman–Crippen LogP) is 3.85. The molecule has 27 heavy (non-hydrogen) atoms. The quantitative estimate of drug-likeness (QED) is 0.401. The molecule has 0 saturated heterocycles. The van der Waals surface area contributed by atoms with E-state index in [1.165, 1.54) is 0 Å². The number of rotatable bonds is 5. The maximum atomic E-state index is 12.7. The Bertz CT molecular complexity index is 522. The van der Waals surface area contributed by atoms with E-state index in [1.54, 1.807) is 62.3 Å². The molecule has 0 aromatic heterocycles. The van der Waals surface area contributed by atoms with Gasteiger partial charge in [0.15, 0.2) is 0 Å². The molecule has 0 saturated carbocycles. The van der Waals surface area contributed by atoms with Crippen LogP contribution in [0.25, 0.3) is 0 Å². The van der Waals surface area contributed by atoms with Crippen LogP contribution in [0, 0.1) is 0 Å². The van der Waals surface area contributed by atoms with Gasteiger partial charge in [0.05, 0.1) is 0 Å². The molecule has 156 valence electrons. The van der Waals surface area contributed by atoms with Crippen molar-refractivity contribution in [1.82, 2.24) is 4.90 Å². The summed E-state index contributed by atoms with van der Waals surface area (Å²) in [5.41, 5.74) is -2.65. The summed E-state index contributed by atoms with van der Waals surface area (Å²) in [6, 6.07) is -1.35. The summed E-state index contributed by atoms with van der Waals surface area (Å²) in [4.78, 5) is 49.4. The molecule has 0 N–H and O–H groups in total. The number of carbonyl (C=O) groups excluding carboxylic acids is 4. The SMILES string of the molecule is CC(C)(C)OC(=O)C(CCC=O)N(C(=O)OC(C)(C)C)C(=O)OC(C)(C)C. The van der Waals surface area contributed by atoms with Gasteiger partial charge in [0.1, 0.15) is 29.1 Å². The van der Waals surface area contributed by atoms with Gasteiger partial charge in [0, 0.05) is 6.42 Å². The van der Waals surface area contributed by atoms with Crippen LogP contribution >= 0.6 is 0 Å². The number of imide groups is 1. The van der Waals surface area contributed by atoms with Crippen molar-refractivity contribution in [1.29, 1.82) is 0 Å². The lowest BCUT2D eigenvalue weighted by atomic mass is 10.1. The van der Waals surface area contributed by atoms with E-state index < -0.39 is 41.0 Å². The Hall–Kier alpha value is -2.12. The fourth-order valence-corrected chi connectivity index (χ4v) is 1.90. The largest absolute Gasteiger partial charge is 0.458 e. The lowest BCUT2D eigenvalue weighted by molar-refractivity contribution is -0.161. The molecular weight excluding hydrogens is 354 g/mol. The van der Waals surface area contributed by atoms with E-state index in [0.29, 0.717) is 11.2 Å². The van der Waals surface area contributed by atoms with Crippen molar-refractivity contribution >= 4 is 24.4 Å². The first-order valence-electron chi connectivity index (χ1n) is 8.88. The number of esters is 1. The standard InChI is InChI=1S/C19H33NO7/c1-17(2,3)25-14(22)13(11-10-12-21)20(15(23)26-18(4,5)6)16(24)27-19(7,8)9/h12-13H,10-11H2,1-9H3. The molecule has 2 amide bonds. The zero-order chi connectivity index (χ0) is 21.6. The molecule has 1 atom stereocenters. The van der Waals surface area contributed by atoms with E-state index in [0.717, 1.165) is 0 Å². The van der Waals surface area contributed by atoms with E-state index in [9.17, 15) is 19.2 Å². The molecule has 0 aliphatic heterocycles. The molecule has 1 unspecified atom stereocenters. The molecule has 0 aliphatic rings. The van der Waals surface area contributed by atoms with E-state index in [2.05, 4.69) is 0 Å². The molecular formula is C19H33NO7. The molecule has 0 bridgehead atoms. The highest BCUT2D eigenvalue weighted by atomic mass is 16.6. The number of ether oxygens (including phenoxy) is 3. The molecule has 8 heteroatoms. The lowest BCUT2D eigenvalue weighted by Gasteiger charge is -2.33. The first-order chi connectivity index (χ1) is 12.0. The smallest absolute Gasteiger partial charge is 0.420 e. The average molecular weight is 387 g/mol. The highest BCUT2D eigenvalue weighted by molar-refractivity contribution is 5.94. The van der Waals surface area contributed by atoms with Crippen LogP contribution in [-0.4, -0.2) is 52.2 Å². The second-order valence-electron chi connectivity index (χ2n) is 9.12. The molecule has 0 heterocycles. The van der Waals surface area contributed by atoms with Crippen LogP contribution in [0.5, 0.6) is 0 Å². The molecule has 0 fully saturated rings. The van der Waals surface area contributed by atoms with Crippen molar-refractivity contribution in [3.63, 3.8) is 0 Å². The van der Waals surface area contributed by atoms with Gasteiger partial charge in [-0.15, -0.1) is 0 Å². The molecule has 0 rings (SSSR count). The van der Waals surface area contributed by atoms with Crippen LogP contribution in [0.15, 0.2) is 0 Å². The van der Waals surface area contributed by atoms with Gasteiger partial charge in [-0.25, -0.2) is 14.4 Å². The first-order valence-corrected chi connectivity index (χ1v) is 8.88. The Kier molecular flexibility index (Phi) is 8.47. The summed E-state index contributed by atoms with van der Waals surface area (Å²) in [5.74, 6) is -0.818. The van der Waals surface area contributed by atoms with E-state index in [-0.39, 0.29) is 12.8 Å². The van der Waals surface area contributed by atoms with Crippen molar-refractivity contribution in [2.75, 3.05) is 0 Å². The molecule has 0 aromatic rings. The number of hydrogen-bond donors (Lipinski definition) is 0. The van der Waals surface area contributed by atoms with E-state index >= 15 is 0 Å². The summed E-state index contributed by atoms with van der Waals surface area (Å²) in [7, 11) is 0. The van der Waals surface area contributed by atoms with Crippen LogP contribution in [0.4, 0.5) is 9.59 Å². The van der Waals surface area contributed by atoms with Gasteiger partial charge >= 0.3 is 18.2 Å². The second kappa shape index (κ2) is 9.19. The third kappa shape index (κ3) is 10.6. The minimum absolute atomic E-state index is 0.0496. The predicted molar refractivity (Wildman–Crippen MR) is 99.2 cm³/mol. The molecule has 0 aromatic carbocycles. The summed E-state index contributed by atoms with van der Waals surface area (Å²) < 4.78 is 15.9. The number of amides is 2. The zero-order valence-corrected chi connectivity index (χ0v) is 17.9. The molecule has 8 nitrogen and oxygen atoms in total. The van der Waals surface area contributed by atoms with Crippen LogP contribution in [0.1, 0.15) is 75.2 Å². The maximum Gasteiger partial charge on any atom is 0.420 e. The monoisotopic (exact) mass is 387 g/mol. The Morgan fingerprint density at radius 1 is 0.778 bits per heavy atom. The van der Waals surface area contributed by atoms with Crippen LogP contribution < -0.4 is 0 Å². The minimum Gasteiger partial charge on any atom is -0.458 e. The van der Waals surface area contributed by atoms with E-state index in [4.69, 9.17) is 14.2 Å². The Morgan fingerprint density at radius 3 is 1.44 bits per heavy atom. The molecule has 0 radical (unpaired) electrons. The maximum absolute atomic E-state index is 12.7. The third-order valence-corrected chi connectivity index (χ3v) is 2.73. The van der Waals surface area contributed by atoms with Crippen molar-refractivity contribution in [2.45, 2.75) is 98.0 Å². The number of aldehydes is 1. The van der Waals surface area contributed by atoms with Crippen molar-refractivity contribution < 1.29 is 33.4 Å². The van der Waals surface area contributed by atoms with Gasteiger partial charge in [0.2, 0.25) is 0 Å². The normalized spacial score (nSPS) is 13.4. The average Bonchev–Trinajstić information content (AvgIpc) is 2.36. The number of carbonyl (C=O) groups is 4. The molecule has 0 aliphatic carbocycles. The summed E-state index contributed by atoms with van der Waals surface area (Å²) in [6.45, 7) is 14.8. The van der Waals surface area contributed by atoms with Crippen LogP contribution in [0.3, 0.4) is 0 Å². The second-order valence-corrected chi connectivity index (χ2v) is 9.12.